The van der Waals surface area contributed by atoms with Crippen LogP contribution in [-0.4, -0.2) is 25.5 Å². The van der Waals surface area contributed by atoms with E-state index in [1.54, 1.807) is 30.9 Å². The zero-order valence-corrected chi connectivity index (χ0v) is 9.71. The number of hydrogen-bond acceptors (Lipinski definition) is 3. The minimum absolute atomic E-state index is 0.175. The fourth-order valence-corrected chi connectivity index (χ4v) is 1.78. The predicted octanol–water partition coefficient (Wildman–Crippen LogP) is 1.62. The summed E-state index contributed by atoms with van der Waals surface area (Å²) in [6.45, 7) is 1.89. The number of nitrogens with one attached hydrogen (secondary N) is 2. The van der Waals surface area contributed by atoms with Gasteiger partial charge < -0.3 is 9.72 Å². The van der Waals surface area contributed by atoms with Crippen LogP contribution in [0.1, 0.15) is 16.2 Å². The van der Waals surface area contributed by atoms with Gasteiger partial charge in [0.15, 0.2) is 0 Å². The Kier molecular flexibility index (Phi) is 2.33. The molecule has 0 saturated carbocycles. The van der Waals surface area contributed by atoms with Gasteiger partial charge in [-0.2, -0.15) is 5.10 Å². The highest BCUT2D eigenvalue weighted by molar-refractivity contribution is 6.04. The third-order valence-electron chi connectivity index (χ3n) is 2.73. The molecule has 0 aliphatic heterocycles. The summed E-state index contributed by atoms with van der Waals surface area (Å²) in [4.78, 5) is 16.2. The van der Waals surface area contributed by atoms with Crippen molar-refractivity contribution in [3.63, 3.8) is 0 Å². The molecule has 0 spiro atoms. The molecule has 90 valence electrons. The number of pyridine rings is 1. The minimum atomic E-state index is -0.175. The van der Waals surface area contributed by atoms with Gasteiger partial charge in [0.2, 0.25) is 0 Å². The summed E-state index contributed by atoms with van der Waals surface area (Å²) < 4.78 is 1.88. The van der Waals surface area contributed by atoms with Crippen LogP contribution in [0.2, 0.25) is 0 Å². The van der Waals surface area contributed by atoms with Crippen LogP contribution in [0.15, 0.2) is 36.9 Å². The molecule has 6 heteroatoms. The molecular weight excluding hydrogens is 230 g/mol. The van der Waals surface area contributed by atoms with Crippen molar-refractivity contribution in [3.8, 4) is 0 Å². The highest BCUT2D eigenvalue weighted by atomic mass is 16.1. The lowest BCUT2D eigenvalue weighted by molar-refractivity contribution is 0.102. The molecule has 0 aromatic carbocycles. The van der Waals surface area contributed by atoms with Crippen molar-refractivity contribution in [2.45, 2.75) is 6.92 Å². The van der Waals surface area contributed by atoms with Gasteiger partial charge in [0.1, 0.15) is 5.82 Å². The Bertz CT molecular complexity index is 698. The van der Waals surface area contributed by atoms with E-state index in [2.05, 4.69) is 20.5 Å². The molecule has 3 rings (SSSR count). The molecule has 18 heavy (non-hydrogen) atoms. The number of H-pyrrole nitrogens is 1. The number of rotatable bonds is 2. The molecule has 2 N–H and O–H groups in total. The molecule has 0 saturated heterocycles. The number of anilines is 1. The monoisotopic (exact) mass is 241 g/mol. The van der Waals surface area contributed by atoms with Crippen LogP contribution in [0.5, 0.6) is 0 Å². The van der Waals surface area contributed by atoms with E-state index in [1.165, 1.54) is 0 Å². The maximum Gasteiger partial charge on any atom is 0.257 e. The Hall–Kier alpha value is -2.63. The van der Waals surface area contributed by atoms with Crippen LogP contribution in [0, 0.1) is 6.92 Å². The molecule has 0 aliphatic rings. The van der Waals surface area contributed by atoms with Crippen molar-refractivity contribution in [3.05, 3.63) is 48.3 Å². The lowest BCUT2D eigenvalue weighted by Gasteiger charge is -2.04. The van der Waals surface area contributed by atoms with Gasteiger partial charge >= 0.3 is 0 Å². The van der Waals surface area contributed by atoms with Gasteiger partial charge in [-0.3, -0.25) is 9.89 Å². The Labute approximate surface area is 103 Å². The maximum atomic E-state index is 12.0. The number of aromatic amines is 1. The van der Waals surface area contributed by atoms with Crippen molar-refractivity contribution < 1.29 is 4.79 Å². The van der Waals surface area contributed by atoms with E-state index in [1.807, 2.05) is 17.4 Å². The third-order valence-corrected chi connectivity index (χ3v) is 2.73. The van der Waals surface area contributed by atoms with Gasteiger partial charge in [-0.05, 0) is 19.1 Å². The molecule has 0 fully saturated rings. The van der Waals surface area contributed by atoms with E-state index >= 15 is 0 Å². The van der Waals surface area contributed by atoms with Gasteiger partial charge in [0, 0.05) is 12.4 Å². The number of amides is 1. The van der Waals surface area contributed by atoms with Crippen molar-refractivity contribution in [2.24, 2.45) is 0 Å². The first-order chi connectivity index (χ1) is 8.74. The molecule has 0 atom stereocenters. The average molecular weight is 241 g/mol. The molecule has 0 aliphatic carbocycles. The van der Waals surface area contributed by atoms with E-state index in [4.69, 9.17) is 0 Å². The van der Waals surface area contributed by atoms with Crippen LogP contribution in [-0.2, 0) is 0 Å². The topological polar surface area (TPSA) is 75.1 Å². The number of carbonyl (C=O) groups excluding carboxylic acids is 1. The van der Waals surface area contributed by atoms with Crippen molar-refractivity contribution in [2.75, 3.05) is 5.32 Å². The normalized spacial score (nSPS) is 10.7. The number of aromatic nitrogens is 4. The lowest BCUT2D eigenvalue weighted by atomic mass is 10.2. The summed E-state index contributed by atoms with van der Waals surface area (Å²) >= 11 is 0. The third kappa shape index (κ3) is 1.73. The van der Waals surface area contributed by atoms with E-state index in [0.717, 1.165) is 11.3 Å². The quantitative estimate of drug-likeness (QED) is 0.715. The zero-order valence-electron chi connectivity index (χ0n) is 9.71. The largest absolute Gasteiger partial charge is 0.319 e. The van der Waals surface area contributed by atoms with Gasteiger partial charge in [-0.15, -0.1) is 0 Å². The van der Waals surface area contributed by atoms with E-state index < -0.39 is 0 Å². The van der Waals surface area contributed by atoms with Gasteiger partial charge in [-0.25, -0.2) is 4.98 Å². The second-order valence-corrected chi connectivity index (χ2v) is 3.96. The molecule has 0 radical (unpaired) electrons. The first kappa shape index (κ1) is 10.5. The number of nitrogens with zero attached hydrogens (tertiary/aromatic N) is 3. The van der Waals surface area contributed by atoms with Gasteiger partial charge in [-0.1, -0.05) is 0 Å². The molecule has 6 nitrogen and oxygen atoms in total. The second-order valence-electron chi connectivity index (χ2n) is 3.96. The maximum absolute atomic E-state index is 12.0. The van der Waals surface area contributed by atoms with Crippen molar-refractivity contribution in [1.82, 2.24) is 19.6 Å². The van der Waals surface area contributed by atoms with E-state index in [9.17, 15) is 4.79 Å². The Balaban J connectivity index is 1.93. The smallest absolute Gasteiger partial charge is 0.257 e. The molecule has 0 bridgehead atoms. The number of imidazole rings is 1. The summed E-state index contributed by atoms with van der Waals surface area (Å²) in [5, 5.41) is 9.16. The summed E-state index contributed by atoms with van der Waals surface area (Å²) in [5.41, 5.74) is 2.18. The second kappa shape index (κ2) is 3.99. The number of aryl methyl sites for hydroxylation is 1. The Morgan fingerprint density at radius 3 is 3.06 bits per heavy atom. The minimum Gasteiger partial charge on any atom is -0.319 e. The average Bonchev–Trinajstić information content (AvgIpc) is 3.00. The summed E-state index contributed by atoms with van der Waals surface area (Å²) in [6.07, 6.45) is 6.72. The van der Waals surface area contributed by atoms with Gasteiger partial charge in [0.05, 0.1) is 29.2 Å². The molecule has 1 amide bonds. The first-order valence-electron chi connectivity index (χ1n) is 5.48. The first-order valence-corrected chi connectivity index (χ1v) is 5.48. The molecular formula is C12H11N5O. The zero-order chi connectivity index (χ0) is 12.5. The number of fused-ring (bicyclic) bond motifs is 1. The van der Waals surface area contributed by atoms with Crippen LogP contribution in [0.3, 0.4) is 0 Å². The van der Waals surface area contributed by atoms with E-state index in [0.29, 0.717) is 11.3 Å². The SMILES string of the molecule is Cc1ncc2ccc(C(=O)Nc3cn[nH]c3)cn12. The van der Waals surface area contributed by atoms with Crippen LogP contribution in [0.25, 0.3) is 5.52 Å². The molecule has 0 unspecified atom stereocenters. The Morgan fingerprint density at radius 2 is 2.28 bits per heavy atom. The molecule has 3 aromatic rings. The summed E-state index contributed by atoms with van der Waals surface area (Å²) in [6, 6.07) is 3.64. The van der Waals surface area contributed by atoms with Crippen LogP contribution < -0.4 is 5.32 Å². The summed E-state index contributed by atoms with van der Waals surface area (Å²) in [7, 11) is 0. The van der Waals surface area contributed by atoms with Gasteiger partial charge in [0.25, 0.3) is 5.91 Å². The van der Waals surface area contributed by atoms with Crippen molar-refractivity contribution >= 4 is 17.1 Å². The van der Waals surface area contributed by atoms with E-state index in [-0.39, 0.29) is 5.91 Å². The fourth-order valence-electron chi connectivity index (χ4n) is 1.78. The highest BCUT2D eigenvalue weighted by Gasteiger charge is 2.08. The standard InChI is InChI=1S/C12H11N5O/c1-8-13-6-11-3-2-9(7-17(8)11)12(18)16-10-4-14-15-5-10/h2-7H,1H3,(H,14,15)(H,16,18). The number of carbonyl (C=O) groups is 1. The highest BCUT2D eigenvalue weighted by Crippen LogP contribution is 2.11. The molecule has 3 heterocycles. The Morgan fingerprint density at radius 1 is 1.39 bits per heavy atom. The predicted molar refractivity (Wildman–Crippen MR) is 66.5 cm³/mol. The van der Waals surface area contributed by atoms with Crippen molar-refractivity contribution in [1.29, 1.82) is 0 Å². The van der Waals surface area contributed by atoms with Crippen LogP contribution >= 0.6 is 0 Å². The van der Waals surface area contributed by atoms with Crippen LogP contribution in [0.4, 0.5) is 5.69 Å². The molecule has 3 aromatic heterocycles. The number of hydrogen-bond donors (Lipinski definition) is 2. The summed E-state index contributed by atoms with van der Waals surface area (Å²) in [5.74, 6) is 0.675. The fraction of sp³-hybridized carbons (Fsp3) is 0.0833. The lowest BCUT2D eigenvalue weighted by Crippen LogP contribution is -2.12.